The van der Waals surface area contributed by atoms with Crippen molar-refractivity contribution < 1.29 is 9.59 Å². The lowest BCUT2D eigenvalue weighted by Gasteiger charge is -2.31. The van der Waals surface area contributed by atoms with Crippen molar-refractivity contribution in [2.45, 2.75) is 32.1 Å². The molecule has 0 bridgehead atoms. The van der Waals surface area contributed by atoms with Gasteiger partial charge >= 0.3 is 0 Å². The second kappa shape index (κ2) is 10.3. The summed E-state index contributed by atoms with van der Waals surface area (Å²) in [7, 11) is 0. The molecule has 2 aromatic rings. The standard InChI is InChI=1S/C23H27ClN2O2/c24-21-10-8-19(9-11-21)17-22(27)26-15-12-20(13-16-26)23(28)25-14-4-7-18-5-2-1-3-6-18/h1-3,5-6,8-11,20H,4,7,12-17H2,(H,25,28). The Morgan fingerprint density at radius 3 is 2.32 bits per heavy atom. The third kappa shape index (κ3) is 6.10. The summed E-state index contributed by atoms with van der Waals surface area (Å²) in [5, 5.41) is 3.73. The number of nitrogens with one attached hydrogen (secondary N) is 1. The molecule has 1 N–H and O–H groups in total. The molecule has 1 aliphatic rings. The van der Waals surface area contributed by atoms with E-state index in [1.165, 1.54) is 5.56 Å². The fourth-order valence-electron chi connectivity index (χ4n) is 3.57. The van der Waals surface area contributed by atoms with Crippen LogP contribution < -0.4 is 5.32 Å². The van der Waals surface area contributed by atoms with Gasteiger partial charge in [-0.3, -0.25) is 9.59 Å². The minimum atomic E-state index is 0.0105. The van der Waals surface area contributed by atoms with E-state index in [9.17, 15) is 9.59 Å². The fourth-order valence-corrected chi connectivity index (χ4v) is 3.70. The highest BCUT2D eigenvalue weighted by atomic mass is 35.5. The minimum absolute atomic E-state index is 0.0105. The molecule has 0 atom stereocenters. The summed E-state index contributed by atoms with van der Waals surface area (Å²) >= 11 is 5.89. The first-order valence-electron chi connectivity index (χ1n) is 9.95. The van der Waals surface area contributed by atoms with Gasteiger partial charge in [0, 0.05) is 30.6 Å². The van der Waals surface area contributed by atoms with Crippen molar-refractivity contribution in [1.82, 2.24) is 10.2 Å². The fraction of sp³-hybridized carbons (Fsp3) is 0.391. The monoisotopic (exact) mass is 398 g/mol. The van der Waals surface area contributed by atoms with Gasteiger partial charge in [-0.15, -0.1) is 0 Å². The van der Waals surface area contributed by atoms with E-state index in [-0.39, 0.29) is 17.7 Å². The van der Waals surface area contributed by atoms with Gasteiger partial charge in [-0.1, -0.05) is 54.1 Å². The van der Waals surface area contributed by atoms with Gasteiger partial charge in [0.15, 0.2) is 0 Å². The number of carbonyl (C=O) groups excluding carboxylic acids is 2. The lowest BCUT2D eigenvalue weighted by molar-refractivity contribution is -0.135. The molecule has 0 aliphatic carbocycles. The first-order valence-corrected chi connectivity index (χ1v) is 10.3. The molecule has 0 aromatic heterocycles. The number of hydrogen-bond acceptors (Lipinski definition) is 2. The van der Waals surface area contributed by atoms with Gasteiger partial charge in [0.25, 0.3) is 0 Å². The second-order valence-corrected chi connectivity index (χ2v) is 7.77. The van der Waals surface area contributed by atoms with Gasteiger partial charge < -0.3 is 10.2 Å². The Morgan fingerprint density at radius 1 is 0.964 bits per heavy atom. The lowest BCUT2D eigenvalue weighted by atomic mass is 9.95. The Kier molecular flexibility index (Phi) is 7.49. The van der Waals surface area contributed by atoms with Gasteiger partial charge in [0.2, 0.25) is 11.8 Å². The lowest BCUT2D eigenvalue weighted by Crippen LogP contribution is -2.43. The number of aryl methyl sites for hydroxylation is 1. The number of rotatable bonds is 7. The van der Waals surface area contributed by atoms with E-state index in [1.807, 2.05) is 35.2 Å². The van der Waals surface area contributed by atoms with E-state index >= 15 is 0 Å². The molecule has 0 saturated carbocycles. The molecule has 2 amide bonds. The summed E-state index contributed by atoms with van der Waals surface area (Å²) in [4.78, 5) is 26.7. The molecule has 1 heterocycles. The zero-order chi connectivity index (χ0) is 19.8. The second-order valence-electron chi connectivity index (χ2n) is 7.34. The quantitative estimate of drug-likeness (QED) is 0.720. The Hall–Kier alpha value is -2.33. The van der Waals surface area contributed by atoms with Crippen LogP contribution in [0.1, 0.15) is 30.4 Å². The van der Waals surface area contributed by atoms with E-state index in [4.69, 9.17) is 11.6 Å². The Morgan fingerprint density at radius 2 is 1.64 bits per heavy atom. The van der Waals surface area contributed by atoms with Crippen LogP contribution in [0.2, 0.25) is 5.02 Å². The van der Waals surface area contributed by atoms with Crippen LogP contribution in [-0.4, -0.2) is 36.3 Å². The zero-order valence-corrected chi connectivity index (χ0v) is 16.8. The van der Waals surface area contributed by atoms with Crippen molar-refractivity contribution in [3.63, 3.8) is 0 Å². The van der Waals surface area contributed by atoms with E-state index in [2.05, 4.69) is 17.4 Å². The van der Waals surface area contributed by atoms with Crippen LogP contribution in [-0.2, 0) is 22.4 Å². The van der Waals surface area contributed by atoms with Crippen LogP contribution in [0, 0.1) is 5.92 Å². The molecular weight excluding hydrogens is 372 g/mol. The molecule has 2 aromatic carbocycles. The molecular formula is C23H27ClN2O2. The molecule has 1 aliphatic heterocycles. The van der Waals surface area contributed by atoms with Gasteiger partial charge in [0.05, 0.1) is 6.42 Å². The molecule has 0 unspecified atom stereocenters. The predicted molar refractivity (Wildman–Crippen MR) is 112 cm³/mol. The number of benzene rings is 2. The number of nitrogens with zero attached hydrogens (tertiary/aromatic N) is 1. The van der Waals surface area contributed by atoms with Crippen LogP contribution in [0.15, 0.2) is 54.6 Å². The summed E-state index contributed by atoms with van der Waals surface area (Å²) in [5.74, 6) is 0.248. The van der Waals surface area contributed by atoms with Crippen molar-refractivity contribution in [2.24, 2.45) is 5.92 Å². The minimum Gasteiger partial charge on any atom is -0.356 e. The normalized spacial score (nSPS) is 14.7. The highest BCUT2D eigenvalue weighted by Gasteiger charge is 2.27. The number of amides is 2. The first kappa shape index (κ1) is 20.4. The summed E-state index contributed by atoms with van der Waals surface area (Å²) < 4.78 is 0. The number of piperidine rings is 1. The maximum absolute atomic E-state index is 12.5. The smallest absolute Gasteiger partial charge is 0.226 e. The number of likely N-dealkylation sites (tertiary alicyclic amines) is 1. The number of hydrogen-bond donors (Lipinski definition) is 1. The van der Waals surface area contributed by atoms with Crippen molar-refractivity contribution in [3.05, 3.63) is 70.7 Å². The van der Waals surface area contributed by atoms with E-state index in [1.54, 1.807) is 12.1 Å². The topological polar surface area (TPSA) is 49.4 Å². The summed E-state index contributed by atoms with van der Waals surface area (Å²) in [5.41, 5.74) is 2.26. The molecule has 4 nitrogen and oxygen atoms in total. The van der Waals surface area contributed by atoms with E-state index in [0.29, 0.717) is 31.1 Å². The predicted octanol–water partition coefficient (Wildman–Crippen LogP) is 3.87. The molecule has 0 radical (unpaired) electrons. The van der Waals surface area contributed by atoms with E-state index < -0.39 is 0 Å². The van der Waals surface area contributed by atoms with Crippen molar-refractivity contribution >= 4 is 23.4 Å². The molecule has 5 heteroatoms. The molecule has 1 fully saturated rings. The molecule has 28 heavy (non-hydrogen) atoms. The van der Waals surface area contributed by atoms with Gasteiger partial charge in [0.1, 0.15) is 0 Å². The average molecular weight is 399 g/mol. The first-order chi connectivity index (χ1) is 13.6. The average Bonchev–Trinajstić information content (AvgIpc) is 2.73. The Labute approximate surface area is 171 Å². The molecule has 3 rings (SSSR count). The van der Waals surface area contributed by atoms with Crippen LogP contribution in [0.25, 0.3) is 0 Å². The zero-order valence-electron chi connectivity index (χ0n) is 16.1. The molecule has 1 saturated heterocycles. The largest absolute Gasteiger partial charge is 0.356 e. The number of carbonyl (C=O) groups is 2. The van der Waals surface area contributed by atoms with Crippen molar-refractivity contribution in [3.8, 4) is 0 Å². The third-order valence-corrected chi connectivity index (χ3v) is 5.52. The van der Waals surface area contributed by atoms with Crippen LogP contribution in [0.3, 0.4) is 0 Å². The van der Waals surface area contributed by atoms with Gasteiger partial charge in [-0.2, -0.15) is 0 Å². The van der Waals surface area contributed by atoms with Gasteiger partial charge in [-0.05, 0) is 48.9 Å². The molecule has 148 valence electrons. The molecule has 0 spiro atoms. The summed E-state index contributed by atoms with van der Waals surface area (Å²) in [6.07, 6.45) is 3.76. The summed E-state index contributed by atoms with van der Waals surface area (Å²) in [6, 6.07) is 17.7. The van der Waals surface area contributed by atoms with Gasteiger partial charge in [-0.25, -0.2) is 0 Å². The maximum atomic E-state index is 12.5. The Bertz CT molecular complexity index is 769. The van der Waals surface area contributed by atoms with Crippen LogP contribution in [0.5, 0.6) is 0 Å². The summed E-state index contributed by atoms with van der Waals surface area (Å²) in [6.45, 7) is 1.99. The van der Waals surface area contributed by atoms with Crippen LogP contribution in [0.4, 0.5) is 0 Å². The van der Waals surface area contributed by atoms with Crippen molar-refractivity contribution in [1.29, 1.82) is 0 Å². The van der Waals surface area contributed by atoms with E-state index in [0.717, 1.165) is 31.2 Å². The Balaban J connectivity index is 1.35. The highest BCUT2D eigenvalue weighted by Crippen LogP contribution is 2.19. The van der Waals surface area contributed by atoms with Crippen molar-refractivity contribution in [2.75, 3.05) is 19.6 Å². The number of halogens is 1. The highest BCUT2D eigenvalue weighted by molar-refractivity contribution is 6.30. The van der Waals surface area contributed by atoms with Crippen LogP contribution >= 0.6 is 11.6 Å². The SMILES string of the molecule is O=C(NCCCc1ccccc1)C1CCN(C(=O)Cc2ccc(Cl)cc2)CC1. The maximum Gasteiger partial charge on any atom is 0.226 e. The third-order valence-electron chi connectivity index (χ3n) is 5.27.